The molecule has 3 aliphatic rings. The maximum atomic E-state index is 14.4. The first-order chi connectivity index (χ1) is 32.5. The first-order valence-electron chi connectivity index (χ1n) is 23.2. The van der Waals surface area contributed by atoms with E-state index in [4.69, 9.17) is 24.2 Å². The molecule has 1 aliphatic carbocycles. The van der Waals surface area contributed by atoms with Crippen molar-refractivity contribution in [3.8, 4) is 11.1 Å². The van der Waals surface area contributed by atoms with Gasteiger partial charge in [-0.2, -0.15) is 0 Å². The van der Waals surface area contributed by atoms with Crippen LogP contribution in [0.4, 0.5) is 9.59 Å². The molecule has 15 heteroatoms. The Kier molecular flexibility index (Phi) is 11.6. The summed E-state index contributed by atoms with van der Waals surface area (Å²) >= 11 is 0. The molecule has 346 valence electrons. The molecule has 5 aromatic carbocycles. The lowest BCUT2D eigenvalue weighted by Crippen LogP contribution is -2.52. The molecule has 4 N–H and O–H groups in total. The minimum Gasteiger partial charge on any atom is -0.453 e. The number of likely N-dealkylation sites (tertiary alicyclic amines) is 2. The zero-order valence-corrected chi connectivity index (χ0v) is 38.5. The van der Waals surface area contributed by atoms with Crippen molar-refractivity contribution in [2.45, 2.75) is 70.2 Å². The van der Waals surface area contributed by atoms with Gasteiger partial charge in [0.2, 0.25) is 5.91 Å². The number of piperidine rings is 1. The first kappa shape index (κ1) is 43.9. The van der Waals surface area contributed by atoms with Gasteiger partial charge in [0.15, 0.2) is 0 Å². The van der Waals surface area contributed by atoms with Gasteiger partial charge in [-0.25, -0.2) is 19.6 Å². The summed E-state index contributed by atoms with van der Waals surface area (Å²) in [6.45, 7) is 7.12. The molecule has 15 nitrogen and oxygen atoms in total. The number of ether oxygens (including phenoxy) is 3. The maximum Gasteiger partial charge on any atom is 0.407 e. The lowest BCUT2D eigenvalue weighted by molar-refractivity contribution is -0.137. The molecule has 10 rings (SSSR count). The number of carbonyl (C=O) groups is 4. The second kappa shape index (κ2) is 17.7. The van der Waals surface area contributed by atoms with Crippen LogP contribution in [-0.4, -0.2) is 100 Å². The Morgan fingerprint density at radius 1 is 0.746 bits per heavy atom. The minimum atomic E-state index is -0.944. The van der Waals surface area contributed by atoms with Crippen molar-refractivity contribution >= 4 is 67.6 Å². The van der Waals surface area contributed by atoms with Crippen LogP contribution in [0.5, 0.6) is 0 Å². The molecule has 4 heterocycles. The smallest absolute Gasteiger partial charge is 0.407 e. The monoisotopic (exact) mass is 904 g/mol. The number of hydrogen-bond acceptors (Lipinski definition) is 9. The van der Waals surface area contributed by atoms with E-state index in [0.717, 1.165) is 73.4 Å². The Balaban J connectivity index is 0.928. The number of alkyl carbamates (subject to hydrolysis) is 2. The van der Waals surface area contributed by atoms with E-state index >= 15 is 0 Å². The Labute approximate surface area is 387 Å². The number of nitrogens with one attached hydrogen (secondary N) is 4. The highest BCUT2D eigenvalue weighted by atomic mass is 16.5. The molecule has 7 aromatic rings. The molecule has 0 bridgehead atoms. The second-order valence-electron chi connectivity index (χ2n) is 18.6. The van der Waals surface area contributed by atoms with Crippen LogP contribution in [0.2, 0.25) is 0 Å². The molecule has 2 unspecified atom stereocenters. The molecule has 9 atom stereocenters. The number of carbonyl (C=O) groups excluding carboxylic acids is 4. The number of rotatable bonds is 12. The third-order valence-corrected chi connectivity index (χ3v) is 14.7. The van der Waals surface area contributed by atoms with Crippen molar-refractivity contribution in [3.05, 3.63) is 108 Å². The molecular formula is C52H56N8O7. The van der Waals surface area contributed by atoms with E-state index in [1.165, 1.54) is 14.2 Å². The number of aromatic amines is 2. The summed E-state index contributed by atoms with van der Waals surface area (Å²) in [5.74, 6) is 1.88. The van der Waals surface area contributed by atoms with Crippen molar-refractivity contribution in [3.63, 3.8) is 0 Å². The summed E-state index contributed by atoms with van der Waals surface area (Å²) in [7, 11) is 4.26. The number of imidazole rings is 2. The van der Waals surface area contributed by atoms with Gasteiger partial charge in [0.05, 0.1) is 55.0 Å². The number of aromatic nitrogens is 4. The van der Waals surface area contributed by atoms with Crippen LogP contribution in [0.25, 0.3) is 54.7 Å². The minimum absolute atomic E-state index is 0.0718. The predicted octanol–water partition coefficient (Wildman–Crippen LogP) is 8.72. The van der Waals surface area contributed by atoms with E-state index < -0.39 is 24.3 Å². The summed E-state index contributed by atoms with van der Waals surface area (Å²) in [6, 6.07) is 28.2. The topological polar surface area (TPSA) is 184 Å². The van der Waals surface area contributed by atoms with Crippen molar-refractivity contribution in [1.29, 1.82) is 0 Å². The maximum absolute atomic E-state index is 14.4. The fraction of sp³-hybridized carbons (Fsp3) is 0.385. The van der Waals surface area contributed by atoms with E-state index in [2.05, 4.69) is 82.1 Å². The van der Waals surface area contributed by atoms with E-state index in [1.54, 1.807) is 12.0 Å². The zero-order valence-electron chi connectivity index (χ0n) is 38.5. The Morgan fingerprint density at radius 3 is 1.93 bits per heavy atom. The van der Waals surface area contributed by atoms with Crippen LogP contribution < -0.4 is 10.6 Å². The normalized spacial score (nSPS) is 22.5. The van der Waals surface area contributed by atoms with E-state index in [9.17, 15) is 19.2 Å². The van der Waals surface area contributed by atoms with Crippen LogP contribution in [0.3, 0.4) is 0 Å². The van der Waals surface area contributed by atoms with Gasteiger partial charge in [0.25, 0.3) is 5.91 Å². The lowest BCUT2D eigenvalue weighted by atomic mass is 9.97. The highest BCUT2D eigenvalue weighted by Crippen LogP contribution is 2.58. The van der Waals surface area contributed by atoms with E-state index in [1.807, 2.05) is 55.1 Å². The molecule has 1 saturated carbocycles. The van der Waals surface area contributed by atoms with E-state index in [-0.39, 0.29) is 41.8 Å². The Morgan fingerprint density at radius 2 is 1.34 bits per heavy atom. The largest absolute Gasteiger partial charge is 0.453 e. The third kappa shape index (κ3) is 7.88. The summed E-state index contributed by atoms with van der Waals surface area (Å²) in [5, 5.41) is 9.65. The number of amides is 4. The van der Waals surface area contributed by atoms with Crippen LogP contribution in [0, 0.1) is 23.7 Å². The molecule has 2 saturated heterocycles. The van der Waals surface area contributed by atoms with Gasteiger partial charge in [-0.3, -0.25) is 9.59 Å². The van der Waals surface area contributed by atoms with Gasteiger partial charge < -0.3 is 44.6 Å². The van der Waals surface area contributed by atoms with Gasteiger partial charge in [0, 0.05) is 36.4 Å². The van der Waals surface area contributed by atoms with Crippen molar-refractivity contribution in [2.24, 2.45) is 23.7 Å². The van der Waals surface area contributed by atoms with Gasteiger partial charge in [-0.1, -0.05) is 93.9 Å². The predicted molar refractivity (Wildman–Crippen MR) is 255 cm³/mol. The highest BCUT2D eigenvalue weighted by molar-refractivity contribution is 6.07. The molecule has 2 aliphatic heterocycles. The number of nitrogens with zero attached hydrogens (tertiary/aromatic N) is 4. The second-order valence-corrected chi connectivity index (χ2v) is 18.6. The Bertz CT molecular complexity index is 3040. The fourth-order valence-electron chi connectivity index (χ4n) is 10.9. The quantitative estimate of drug-likeness (QED) is 0.0932. The molecule has 3 fully saturated rings. The number of methoxy groups -OCH3 is 3. The van der Waals surface area contributed by atoms with Crippen molar-refractivity contribution < 1.29 is 33.4 Å². The standard InChI is InChI=1S/C52H56N8O7/c1-7-27(2)42(57-51(63)66-5)50(62)60-41(24-37-28(3)46(37)60)48-54-39-20-16-34-23-32(14-18-36(34)45(39)56-48)31-13-17-35-33(22-31)15-19-38-44(35)55-47(53-38)40-21-29(26-65-4)25-59(40)49(61)43(58-52(64)67-6)30-11-9-8-10-12-30/h8-20,22-23,27-29,37,40-43,46H,7,21,24-26H2,1-6H3,(H,53,55)(H,54,56)(H,57,63)(H,58,64)/t27-,28+,29-,37?,40-,41-,42-,43+,46?/m0/s1. The highest BCUT2D eigenvalue weighted by Gasteiger charge is 2.61. The van der Waals surface area contributed by atoms with Gasteiger partial charge in [-0.15, -0.1) is 0 Å². The average molecular weight is 905 g/mol. The SMILES string of the molecule is CC[C@H](C)[C@H](NC(=O)OC)C(=O)N1C2C(C[C@H]1c1nc3c(ccc4cc(-c5ccc6c(ccc7[nH]c([C@@H]8C[C@H](COC)CN8C(=O)[C@H](NC(=O)OC)c8ccccc8)nc76)c5)ccc43)[nH]1)[C@H]2C. The fourth-order valence-corrected chi connectivity index (χ4v) is 10.9. The molecular weight excluding hydrogens is 849 g/mol. The summed E-state index contributed by atoms with van der Waals surface area (Å²) in [4.78, 5) is 74.8. The van der Waals surface area contributed by atoms with Gasteiger partial charge in [0.1, 0.15) is 23.7 Å². The zero-order chi connectivity index (χ0) is 46.7. The van der Waals surface area contributed by atoms with Crippen molar-refractivity contribution in [1.82, 2.24) is 40.4 Å². The molecule has 0 spiro atoms. The average Bonchev–Trinajstić information content (AvgIpc) is 3.96. The van der Waals surface area contributed by atoms with Crippen LogP contribution in [0.1, 0.15) is 75.4 Å². The first-order valence-corrected chi connectivity index (χ1v) is 23.2. The van der Waals surface area contributed by atoms with Gasteiger partial charge >= 0.3 is 12.2 Å². The van der Waals surface area contributed by atoms with Crippen molar-refractivity contribution in [2.75, 3.05) is 34.5 Å². The number of benzene rings is 5. The summed E-state index contributed by atoms with van der Waals surface area (Å²) < 4.78 is 15.4. The lowest BCUT2D eigenvalue weighted by Gasteiger charge is -2.33. The van der Waals surface area contributed by atoms with Crippen LogP contribution >= 0.6 is 0 Å². The summed E-state index contributed by atoms with van der Waals surface area (Å²) in [6.07, 6.45) is 0.890. The number of hydrogen-bond donors (Lipinski definition) is 4. The molecule has 2 aromatic heterocycles. The molecule has 4 amide bonds. The van der Waals surface area contributed by atoms with Gasteiger partial charge in [-0.05, 0) is 82.3 Å². The number of H-pyrrole nitrogens is 2. The van der Waals surface area contributed by atoms with E-state index in [0.29, 0.717) is 42.8 Å². The molecule has 67 heavy (non-hydrogen) atoms. The Hall–Kier alpha value is -7.00. The number of fused-ring (bicyclic) bond motifs is 7. The van der Waals surface area contributed by atoms with Crippen LogP contribution in [-0.2, 0) is 23.8 Å². The van der Waals surface area contributed by atoms with Crippen LogP contribution in [0.15, 0.2) is 91.0 Å². The molecule has 0 radical (unpaired) electrons. The third-order valence-electron chi connectivity index (χ3n) is 14.7. The summed E-state index contributed by atoms with van der Waals surface area (Å²) in [5.41, 5.74) is 6.20.